The van der Waals surface area contributed by atoms with Crippen molar-refractivity contribution in [2.24, 2.45) is 4.99 Å². The third-order valence-electron chi connectivity index (χ3n) is 6.24. The standard InChI is InChI=1S/C24H33N5OS.HI/c1-25-24(26-12-9-23(30)29-15-10-22-20(18-29)11-16-31-22)27-17-21(28-13-5-6-14-28)19-7-3-2-4-8-19;/h2-4,7-8,11,16,21H,5-6,9-10,12-15,17-18H2,1H3,(H2,25,26,27);1H. The van der Waals surface area contributed by atoms with E-state index in [4.69, 9.17) is 0 Å². The minimum absolute atomic E-state index is 0. The van der Waals surface area contributed by atoms with E-state index in [0.717, 1.165) is 45.1 Å². The van der Waals surface area contributed by atoms with Crippen LogP contribution in [0.5, 0.6) is 0 Å². The van der Waals surface area contributed by atoms with Crippen LogP contribution >= 0.6 is 35.3 Å². The molecular formula is C24H34IN5OS. The molecule has 1 unspecified atom stereocenters. The molecule has 2 aromatic rings. The summed E-state index contributed by atoms with van der Waals surface area (Å²) in [6.07, 6.45) is 3.99. The maximum atomic E-state index is 12.6. The van der Waals surface area contributed by atoms with Gasteiger partial charge < -0.3 is 15.5 Å². The lowest BCUT2D eigenvalue weighted by molar-refractivity contribution is -0.131. The molecule has 0 radical (unpaired) electrons. The Kier molecular flexibility index (Phi) is 9.80. The molecule has 2 N–H and O–H groups in total. The molecule has 2 aliphatic rings. The minimum atomic E-state index is 0. The predicted octanol–water partition coefficient (Wildman–Crippen LogP) is 3.64. The van der Waals surface area contributed by atoms with Crippen LogP contribution in [-0.4, -0.2) is 61.4 Å². The number of thiophene rings is 1. The summed E-state index contributed by atoms with van der Waals surface area (Å²) in [6.45, 7) is 5.25. The van der Waals surface area contributed by atoms with Crippen molar-refractivity contribution in [1.82, 2.24) is 20.4 Å². The number of aliphatic imine (C=N–C) groups is 1. The van der Waals surface area contributed by atoms with Crippen LogP contribution in [0.3, 0.4) is 0 Å². The molecule has 0 spiro atoms. The number of fused-ring (bicyclic) bond motifs is 1. The second-order valence-corrected chi connectivity index (χ2v) is 9.23. The summed E-state index contributed by atoms with van der Waals surface area (Å²) in [5.74, 6) is 0.964. The first-order chi connectivity index (χ1) is 15.2. The number of guanidine groups is 1. The predicted molar refractivity (Wildman–Crippen MR) is 143 cm³/mol. The van der Waals surface area contributed by atoms with Gasteiger partial charge in [0, 0.05) is 44.5 Å². The number of nitrogens with zero attached hydrogens (tertiary/aromatic N) is 3. The summed E-state index contributed by atoms with van der Waals surface area (Å²) in [6, 6.07) is 13.2. The van der Waals surface area contributed by atoms with Crippen molar-refractivity contribution in [2.75, 3.05) is 39.8 Å². The van der Waals surface area contributed by atoms with E-state index in [1.54, 1.807) is 18.4 Å². The highest BCUT2D eigenvalue weighted by molar-refractivity contribution is 14.0. The highest BCUT2D eigenvalue weighted by Gasteiger charge is 2.24. The Morgan fingerprint density at radius 1 is 1.12 bits per heavy atom. The molecule has 1 saturated heterocycles. The van der Waals surface area contributed by atoms with Crippen molar-refractivity contribution in [3.8, 4) is 0 Å². The zero-order valence-electron chi connectivity index (χ0n) is 18.8. The number of likely N-dealkylation sites (tertiary alicyclic amines) is 1. The Morgan fingerprint density at radius 3 is 2.66 bits per heavy atom. The third kappa shape index (κ3) is 6.45. The van der Waals surface area contributed by atoms with E-state index >= 15 is 0 Å². The summed E-state index contributed by atoms with van der Waals surface area (Å²) in [7, 11) is 1.78. The van der Waals surface area contributed by atoms with Crippen LogP contribution < -0.4 is 10.6 Å². The quantitative estimate of drug-likeness (QED) is 0.305. The van der Waals surface area contributed by atoms with Crippen molar-refractivity contribution in [3.63, 3.8) is 0 Å². The van der Waals surface area contributed by atoms with Gasteiger partial charge in [0.25, 0.3) is 0 Å². The van der Waals surface area contributed by atoms with Crippen molar-refractivity contribution in [3.05, 3.63) is 57.8 Å². The van der Waals surface area contributed by atoms with Crippen LogP contribution in [0.25, 0.3) is 0 Å². The van der Waals surface area contributed by atoms with E-state index in [1.807, 2.05) is 4.90 Å². The second kappa shape index (κ2) is 12.6. The Bertz CT molecular complexity index is 882. The summed E-state index contributed by atoms with van der Waals surface area (Å²) < 4.78 is 0. The molecule has 8 heteroatoms. The topological polar surface area (TPSA) is 60.0 Å². The molecule has 1 aromatic heterocycles. The first-order valence-corrected chi connectivity index (χ1v) is 12.2. The lowest BCUT2D eigenvalue weighted by Gasteiger charge is -2.29. The van der Waals surface area contributed by atoms with Crippen LogP contribution in [0.2, 0.25) is 0 Å². The lowest BCUT2D eigenvalue weighted by Crippen LogP contribution is -2.44. The number of nitrogens with one attached hydrogen (secondary N) is 2. The lowest BCUT2D eigenvalue weighted by atomic mass is 10.1. The molecule has 0 aliphatic carbocycles. The Morgan fingerprint density at radius 2 is 1.91 bits per heavy atom. The van der Waals surface area contributed by atoms with Gasteiger partial charge in [0.2, 0.25) is 5.91 Å². The van der Waals surface area contributed by atoms with Crippen LogP contribution in [0.15, 0.2) is 46.8 Å². The summed E-state index contributed by atoms with van der Waals surface area (Å²) in [4.78, 5) is 23.0. The fraction of sp³-hybridized carbons (Fsp3) is 0.500. The van der Waals surface area contributed by atoms with Gasteiger partial charge in [0.05, 0.1) is 6.04 Å². The van der Waals surface area contributed by atoms with E-state index in [1.165, 1.54) is 28.8 Å². The normalized spacial score (nSPS) is 17.4. The summed E-state index contributed by atoms with van der Waals surface area (Å²) in [5, 5.41) is 8.93. The number of amides is 1. The molecule has 174 valence electrons. The van der Waals surface area contributed by atoms with Crippen molar-refractivity contribution < 1.29 is 4.79 Å². The minimum Gasteiger partial charge on any atom is -0.356 e. The highest BCUT2D eigenvalue weighted by atomic mass is 127. The van der Waals surface area contributed by atoms with E-state index in [0.29, 0.717) is 19.0 Å². The van der Waals surface area contributed by atoms with Crippen LogP contribution in [-0.2, 0) is 17.8 Å². The molecule has 1 aromatic carbocycles. The first kappa shape index (κ1) is 25.0. The fourth-order valence-corrected chi connectivity index (χ4v) is 5.40. The molecule has 0 saturated carbocycles. The third-order valence-corrected chi connectivity index (χ3v) is 7.27. The van der Waals surface area contributed by atoms with Crippen LogP contribution in [0.4, 0.5) is 0 Å². The number of hydrogen-bond donors (Lipinski definition) is 2. The molecule has 32 heavy (non-hydrogen) atoms. The van der Waals surface area contributed by atoms with Gasteiger partial charge in [-0.2, -0.15) is 0 Å². The van der Waals surface area contributed by atoms with Crippen molar-refractivity contribution in [1.29, 1.82) is 0 Å². The van der Waals surface area contributed by atoms with Crippen LogP contribution in [0.1, 0.15) is 41.3 Å². The molecule has 0 bridgehead atoms. The number of halogens is 1. The molecule has 1 fully saturated rings. The smallest absolute Gasteiger partial charge is 0.224 e. The SMILES string of the molecule is CN=C(NCCC(=O)N1CCc2sccc2C1)NCC(c1ccccc1)N1CCCC1.I. The van der Waals surface area contributed by atoms with Gasteiger partial charge in [-0.05, 0) is 54.9 Å². The van der Waals surface area contributed by atoms with Gasteiger partial charge in [-0.25, -0.2) is 0 Å². The average Bonchev–Trinajstić information content (AvgIpc) is 3.50. The monoisotopic (exact) mass is 567 g/mol. The van der Waals surface area contributed by atoms with Gasteiger partial charge in [-0.3, -0.25) is 14.7 Å². The van der Waals surface area contributed by atoms with Crippen molar-refractivity contribution in [2.45, 2.75) is 38.3 Å². The number of carbonyl (C=O) groups is 1. The van der Waals surface area contributed by atoms with Gasteiger partial charge >= 0.3 is 0 Å². The number of carbonyl (C=O) groups excluding carboxylic acids is 1. The van der Waals surface area contributed by atoms with Gasteiger partial charge in [0.1, 0.15) is 0 Å². The number of rotatable bonds is 7. The molecular weight excluding hydrogens is 533 g/mol. The largest absolute Gasteiger partial charge is 0.356 e. The van der Waals surface area contributed by atoms with Gasteiger partial charge in [-0.1, -0.05) is 30.3 Å². The second-order valence-electron chi connectivity index (χ2n) is 8.23. The van der Waals surface area contributed by atoms with Gasteiger partial charge in [0.15, 0.2) is 5.96 Å². The number of benzene rings is 1. The molecule has 3 heterocycles. The van der Waals surface area contributed by atoms with E-state index in [2.05, 4.69) is 62.3 Å². The van der Waals surface area contributed by atoms with E-state index in [-0.39, 0.29) is 29.9 Å². The Hall–Kier alpha value is -1.65. The molecule has 2 aliphatic heterocycles. The Labute approximate surface area is 212 Å². The fourth-order valence-electron chi connectivity index (χ4n) is 4.51. The molecule has 6 nitrogen and oxygen atoms in total. The highest BCUT2D eigenvalue weighted by Crippen LogP contribution is 2.25. The maximum Gasteiger partial charge on any atom is 0.224 e. The zero-order chi connectivity index (χ0) is 21.5. The summed E-state index contributed by atoms with van der Waals surface area (Å²) >= 11 is 1.80. The zero-order valence-corrected chi connectivity index (χ0v) is 21.9. The number of hydrogen-bond acceptors (Lipinski definition) is 4. The molecule has 1 amide bonds. The molecule has 1 atom stereocenters. The Balaban J connectivity index is 0.00000289. The van der Waals surface area contributed by atoms with Crippen molar-refractivity contribution >= 4 is 47.2 Å². The van der Waals surface area contributed by atoms with E-state index < -0.39 is 0 Å². The first-order valence-electron chi connectivity index (χ1n) is 11.3. The van der Waals surface area contributed by atoms with Crippen LogP contribution in [0, 0.1) is 0 Å². The average molecular weight is 568 g/mol. The van der Waals surface area contributed by atoms with E-state index in [9.17, 15) is 4.79 Å². The van der Waals surface area contributed by atoms with Gasteiger partial charge in [-0.15, -0.1) is 35.3 Å². The molecule has 4 rings (SSSR count). The summed E-state index contributed by atoms with van der Waals surface area (Å²) in [5.41, 5.74) is 2.64. The maximum absolute atomic E-state index is 12.6.